The predicted molar refractivity (Wildman–Crippen MR) is 86.8 cm³/mol. The summed E-state index contributed by atoms with van der Waals surface area (Å²) in [6.07, 6.45) is 4.87. The summed E-state index contributed by atoms with van der Waals surface area (Å²) in [6, 6.07) is 10.8. The molecule has 1 N–H and O–H groups in total. The van der Waals surface area contributed by atoms with Crippen LogP contribution in [0.4, 0.5) is 10.1 Å². The van der Waals surface area contributed by atoms with E-state index < -0.39 is 5.82 Å². The number of carbonyl (C=O) groups excluding carboxylic acids is 1. The molecule has 0 heterocycles. The lowest BCUT2D eigenvalue weighted by Crippen LogP contribution is -2.16. The van der Waals surface area contributed by atoms with Crippen LogP contribution in [0.15, 0.2) is 36.4 Å². The summed E-state index contributed by atoms with van der Waals surface area (Å²) in [5, 5.41) is 2.59. The highest BCUT2D eigenvalue weighted by Gasteiger charge is 2.13. The standard InChI is InChI=1S/C18H17ClFNO/c19-15-6-3-7-16(18(15)20)21-17(22)11-12-8-9-13-4-1-2-5-14(13)10-12/h3,6-10H,1-2,4-5,11H2,(H,21,22). The van der Waals surface area contributed by atoms with Crippen molar-refractivity contribution < 1.29 is 9.18 Å². The molecule has 0 spiro atoms. The van der Waals surface area contributed by atoms with Gasteiger partial charge in [-0.15, -0.1) is 0 Å². The van der Waals surface area contributed by atoms with E-state index in [9.17, 15) is 9.18 Å². The van der Waals surface area contributed by atoms with Gasteiger partial charge in [-0.25, -0.2) is 4.39 Å². The normalized spacial score (nSPS) is 13.5. The summed E-state index contributed by atoms with van der Waals surface area (Å²) in [6.45, 7) is 0. The highest BCUT2D eigenvalue weighted by molar-refractivity contribution is 6.31. The van der Waals surface area contributed by atoms with E-state index >= 15 is 0 Å². The van der Waals surface area contributed by atoms with Crippen LogP contribution in [0.3, 0.4) is 0 Å². The van der Waals surface area contributed by atoms with E-state index in [1.165, 1.54) is 36.1 Å². The molecule has 1 amide bonds. The van der Waals surface area contributed by atoms with Crippen molar-refractivity contribution in [3.8, 4) is 0 Å². The molecule has 22 heavy (non-hydrogen) atoms. The van der Waals surface area contributed by atoms with Gasteiger partial charge in [-0.3, -0.25) is 4.79 Å². The number of halogens is 2. The highest BCUT2D eigenvalue weighted by Crippen LogP contribution is 2.24. The maximum absolute atomic E-state index is 13.8. The van der Waals surface area contributed by atoms with Gasteiger partial charge in [0.25, 0.3) is 0 Å². The maximum Gasteiger partial charge on any atom is 0.228 e. The fourth-order valence-corrected chi connectivity index (χ4v) is 3.05. The van der Waals surface area contributed by atoms with E-state index in [4.69, 9.17) is 11.6 Å². The molecule has 0 radical (unpaired) electrons. The summed E-state index contributed by atoms with van der Waals surface area (Å²) in [4.78, 5) is 12.1. The average molecular weight is 318 g/mol. The number of benzene rings is 2. The van der Waals surface area contributed by atoms with Gasteiger partial charge in [0.2, 0.25) is 5.91 Å². The minimum Gasteiger partial charge on any atom is -0.323 e. The van der Waals surface area contributed by atoms with Gasteiger partial charge in [0.15, 0.2) is 5.82 Å². The Kier molecular flexibility index (Phi) is 4.44. The summed E-state index contributed by atoms with van der Waals surface area (Å²) >= 11 is 5.71. The molecular weight excluding hydrogens is 301 g/mol. The molecule has 0 atom stereocenters. The quantitative estimate of drug-likeness (QED) is 0.884. The van der Waals surface area contributed by atoms with Gasteiger partial charge in [0.05, 0.1) is 17.1 Å². The molecule has 114 valence electrons. The van der Waals surface area contributed by atoms with Gasteiger partial charge in [0, 0.05) is 0 Å². The molecule has 0 aromatic heterocycles. The van der Waals surface area contributed by atoms with Crippen LogP contribution in [0.5, 0.6) is 0 Å². The Bertz CT molecular complexity index is 714. The van der Waals surface area contributed by atoms with Crippen molar-refractivity contribution in [3.05, 3.63) is 63.9 Å². The first-order chi connectivity index (χ1) is 10.6. The Balaban J connectivity index is 1.70. The van der Waals surface area contributed by atoms with Gasteiger partial charge < -0.3 is 5.32 Å². The van der Waals surface area contributed by atoms with E-state index in [-0.39, 0.29) is 23.0 Å². The summed E-state index contributed by atoms with van der Waals surface area (Å²) in [5.74, 6) is -0.833. The number of amides is 1. The van der Waals surface area contributed by atoms with Crippen LogP contribution in [0.25, 0.3) is 0 Å². The second kappa shape index (κ2) is 6.49. The van der Waals surface area contributed by atoms with Gasteiger partial charge in [-0.1, -0.05) is 35.9 Å². The Morgan fingerprint density at radius 3 is 2.73 bits per heavy atom. The number of rotatable bonds is 3. The highest BCUT2D eigenvalue weighted by atomic mass is 35.5. The van der Waals surface area contributed by atoms with Gasteiger partial charge >= 0.3 is 0 Å². The van der Waals surface area contributed by atoms with Crippen LogP contribution < -0.4 is 5.32 Å². The first-order valence-corrected chi connectivity index (χ1v) is 7.86. The van der Waals surface area contributed by atoms with Crippen LogP contribution in [-0.4, -0.2) is 5.91 Å². The third kappa shape index (κ3) is 3.30. The van der Waals surface area contributed by atoms with E-state index in [2.05, 4.69) is 17.4 Å². The number of carbonyl (C=O) groups is 1. The van der Waals surface area contributed by atoms with Crippen molar-refractivity contribution in [2.24, 2.45) is 0 Å². The van der Waals surface area contributed by atoms with Crippen molar-refractivity contribution in [2.45, 2.75) is 32.1 Å². The Hall–Kier alpha value is -1.87. The molecule has 0 fully saturated rings. The Morgan fingerprint density at radius 1 is 1.14 bits per heavy atom. The SMILES string of the molecule is O=C(Cc1ccc2c(c1)CCCC2)Nc1cccc(Cl)c1F. The molecule has 4 heteroatoms. The lowest BCUT2D eigenvalue weighted by Gasteiger charge is -2.16. The van der Waals surface area contributed by atoms with E-state index in [1.54, 1.807) is 6.07 Å². The van der Waals surface area contributed by atoms with Crippen LogP contribution in [-0.2, 0) is 24.1 Å². The molecular formula is C18H17ClFNO. The fourth-order valence-electron chi connectivity index (χ4n) is 2.88. The second-order valence-electron chi connectivity index (χ2n) is 5.64. The van der Waals surface area contributed by atoms with Crippen LogP contribution in [0.2, 0.25) is 5.02 Å². The number of anilines is 1. The topological polar surface area (TPSA) is 29.1 Å². The van der Waals surface area contributed by atoms with E-state index in [0.717, 1.165) is 18.4 Å². The predicted octanol–water partition coefficient (Wildman–Crippen LogP) is 4.54. The lowest BCUT2D eigenvalue weighted by molar-refractivity contribution is -0.115. The zero-order valence-electron chi connectivity index (χ0n) is 12.2. The second-order valence-corrected chi connectivity index (χ2v) is 6.04. The molecule has 0 unspecified atom stereocenters. The van der Waals surface area contributed by atoms with E-state index in [0.29, 0.717) is 0 Å². The minimum absolute atomic E-state index is 0.00609. The molecule has 3 rings (SSSR count). The number of hydrogen-bond donors (Lipinski definition) is 1. The van der Waals surface area contributed by atoms with Crippen molar-refractivity contribution in [2.75, 3.05) is 5.32 Å². The molecule has 1 aliphatic carbocycles. The lowest BCUT2D eigenvalue weighted by atomic mass is 9.90. The number of hydrogen-bond acceptors (Lipinski definition) is 1. The Labute approximate surface area is 134 Å². The first kappa shape index (κ1) is 15.0. The summed E-state index contributed by atoms with van der Waals surface area (Å²) in [7, 11) is 0. The van der Waals surface area contributed by atoms with Crippen molar-refractivity contribution in [3.63, 3.8) is 0 Å². The first-order valence-electron chi connectivity index (χ1n) is 7.48. The van der Waals surface area contributed by atoms with E-state index in [1.807, 2.05) is 6.07 Å². The molecule has 0 aliphatic heterocycles. The summed E-state index contributed by atoms with van der Waals surface area (Å²) < 4.78 is 13.8. The number of aryl methyl sites for hydroxylation is 2. The minimum atomic E-state index is -0.594. The van der Waals surface area contributed by atoms with Crippen LogP contribution in [0.1, 0.15) is 29.5 Å². The van der Waals surface area contributed by atoms with Crippen molar-refractivity contribution in [1.82, 2.24) is 0 Å². The molecule has 0 bridgehead atoms. The van der Waals surface area contributed by atoms with Gasteiger partial charge in [-0.05, 0) is 54.5 Å². The molecule has 2 aromatic rings. The monoisotopic (exact) mass is 317 g/mol. The molecule has 0 saturated carbocycles. The molecule has 2 nitrogen and oxygen atoms in total. The average Bonchev–Trinajstić information content (AvgIpc) is 2.52. The number of fused-ring (bicyclic) bond motifs is 1. The fraction of sp³-hybridized carbons (Fsp3) is 0.278. The molecule has 0 saturated heterocycles. The van der Waals surface area contributed by atoms with Crippen molar-refractivity contribution in [1.29, 1.82) is 0 Å². The van der Waals surface area contributed by atoms with Gasteiger partial charge in [-0.2, -0.15) is 0 Å². The molecule has 1 aliphatic rings. The van der Waals surface area contributed by atoms with Crippen LogP contribution in [0, 0.1) is 5.82 Å². The van der Waals surface area contributed by atoms with Gasteiger partial charge in [0.1, 0.15) is 0 Å². The molecule has 2 aromatic carbocycles. The largest absolute Gasteiger partial charge is 0.323 e. The van der Waals surface area contributed by atoms with Crippen molar-refractivity contribution >= 4 is 23.2 Å². The smallest absolute Gasteiger partial charge is 0.228 e. The third-order valence-electron chi connectivity index (χ3n) is 4.00. The summed E-state index contributed by atoms with van der Waals surface area (Å²) in [5.41, 5.74) is 3.80. The maximum atomic E-state index is 13.8. The zero-order valence-corrected chi connectivity index (χ0v) is 12.9. The van der Waals surface area contributed by atoms with Crippen LogP contribution >= 0.6 is 11.6 Å². The Morgan fingerprint density at radius 2 is 1.91 bits per heavy atom. The number of nitrogens with one attached hydrogen (secondary N) is 1. The third-order valence-corrected chi connectivity index (χ3v) is 4.30. The zero-order chi connectivity index (χ0) is 15.5.